The maximum Gasteiger partial charge on any atom is 0.374 e. The van der Waals surface area contributed by atoms with Crippen molar-refractivity contribution in [2.24, 2.45) is 0 Å². The zero-order chi connectivity index (χ0) is 23.8. The number of benzene rings is 2. The first-order valence-corrected chi connectivity index (χ1v) is 10.1. The van der Waals surface area contributed by atoms with Crippen LogP contribution >= 0.6 is 0 Å². The molecule has 0 saturated carbocycles. The molecule has 0 aliphatic carbocycles. The van der Waals surface area contributed by atoms with Crippen LogP contribution in [0.3, 0.4) is 0 Å². The molecule has 0 bridgehead atoms. The summed E-state index contributed by atoms with van der Waals surface area (Å²) in [5, 5.41) is 13.4. The van der Waals surface area contributed by atoms with Gasteiger partial charge in [-0.2, -0.15) is 0 Å². The maximum atomic E-state index is 12.2. The number of anilines is 1. The summed E-state index contributed by atoms with van der Waals surface area (Å²) in [7, 11) is 0. The van der Waals surface area contributed by atoms with Crippen LogP contribution < -0.4 is 14.8 Å². The number of hydrogen-bond donors (Lipinski definition) is 1. The van der Waals surface area contributed by atoms with Gasteiger partial charge in [-0.15, -0.1) is 0 Å². The van der Waals surface area contributed by atoms with Gasteiger partial charge in [0.1, 0.15) is 5.76 Å². The number of amides is 1. The number of esters is 1. The smallest absolute Gasteiger partial charge is 0.374 e. The Balaban J connectivity index is 1.57. The molecule has 1 aromatic heterocycles. The van der Waals surface area contributed by atoms with Crippen LogP contribution in [0.15, 0.2) is 59.0 Å². The zero-order valence-corrected chi connectivity index (χ0v) is 18.0. The maximum absolute atomic E-state index is 12.2. The average Bonchev–Trinajstić information content (AvgIpc) is 3.30. The summed E-state index contributed by atoms with van der Waals surface area (Å²) in [6.45, 7) is 4.07. The summed E-state index contributed by atoms with van der Waals surface area (Å²) in [4.78, 5) is 34.7. The Morgan fingerprint density at radius 1 is 0.970 bits per heavy atom. The molecule has 0 unspecified atom stereocenters. The van der Waals surface area contributed by atoms with E-state index in [9.17, 15) is 19.7 Å². The Kier molecular flexibility index (Phi) is 7.64. The number of nitrogens with zero attached hydrogens (tertiary/aromatic N) is 1. The largest absolute Gasteiger partial charge is 0.490 e. The van der Waals surface area contributed by atoms with Gasteiger partial charge in [-0.3, -0.25) is 14.9 Å². The monoisotopic (exact) mass is 454 g/mol. The van der Waals surface area contributed by atoms with Gasteiger partial charge in [0.2, 0.25) is 5.76 Å². The zero-order valence-electron chi connectivity index (χ0n) is 18.0. The first-order chi connectivity index (χ1) is 15.9. The molecule has 3 rings (SSSR count). The van der Waals surface area contributed by atoms with Crippen molar-refractivity contribution in [2.75, 3.05) is 25.1 Å². The number of rotatable bonds is 10. The number of ether oxygens (including phenoxy) is 3. The van der Waals surface area contributed by atoms with Gasteiger partial charge in [0, 0.05) is 29.4 Å². The van der Waals surface area contributed by atoms with Gasteiger partial charge in [-0.05, 0) is 50.2 Å². The first-order valence-electron chi connectivity index (χ1n) is 10.1. The molecule has 1 heterocycles. The van der Waals surface area contributed by atoms with Crippen LogP contribution in [0.5, 0.6) is 11.5 Å². The van der Waals surface area contributed by atoms with Crippen molar-refractivity contribution in [3.63, 3.8) is 0 Å². The lowest BCUT2D eigenvalue weighted by atomic mass is 10.1. The number of carbonyl (C=O) groups is 2. The Bertz CT molecular complexity index is 1140. The van der Waals surface area contributed by atoms with Crippen LogP contribution in [-0.2, 0) is 9.53 Å². The Hall–Kier alpha value is -4.34. The average molecular weight is 454 g/mol. The predicted octanol–water partition coefficient (Wildman–Crippen LogP) is 4.45. The van der Waals surface area contributed by atoms with Crippen molar-refractivity contribution < 1.29 is 33.1 Å². The van der Waals surface area contributed by atoms with Crippen LogP contribution in [0.2, 0.25) is 0 Å². The second kappa shape index (κ2) is 10.8. The van der Waals surface area contributed by atoms with E-state index in [0.717, 1.165) is 0 Å². The minimum atomic E-state index is -0.819. The lowest BCUT2D eigenvalue weighted by Gasteiger charge is -2.13. The topological polar surface area (TPSA) is 130 Å². The summed E-state index contributed by atoms with van der Waals surface area (Å²) in [5.41, 5.74) is 0.955. The number of non-ortho nitro benzene ring substituents is 1. The molecule has 3 aromatic rings. The second-order valence-electron chi connectivity index (χ2n) is 6.62. The van der Waals surface area contributed by atoms with Crippen molar-refractivity contribution in [3.05, 3.63) is 70.5 Å². The molecule has 0 spiro atoms. The van der Waals surface area contributed by atoms with Gasteiger partial charge in [-0.1, -0.05) is 0 Å². The molecule has 0 aliphatic rings. The fourth-order valence-electron chi connectivity index (χ4n) is 2.88. The Labute approximate surface area is 189 Å². The highest BCUT2D eigenvalue weighted by molar-refractivity contribution is 5.95. The fraction of sp³-hybridized carbons (Fsp3) is 0.217. The molecule has 0 atom stereocenters. The number of furan rings is 1. The van der Waals surface area contributed by atoms with Crippen molar-refractivity contribution in [1.82, 2.24) is 0 Å². The lowest BCUT2D eigenvalue weighted by molar-refractivity contribution is -0.384. The third-order valence-electron chi connectivity index (χ3n) is 4.33. The van der Waals surface area contributed by atoms with Gasteiger partial charge in [0.25, 0.3) is 11.6 Å². The van der Waals surface area contributed by atoms with Gasteiger partial charge in [-0.25, -0.2) is 4.79 Å². The highest BCUT2D eigenvalue weighted by Gasteiger charge is 2.16. The number of nitrogens with one attached hydrogen (secondary N) is 1. The van der Waals surface area contributed by atoms with E-state index in [1.165, 1.54) is 36.4 Å². The lowest BCUT2D eigenvalue weighted by Crippen LogP contribution is -2.20. The quantitative estimate of drug-likeness (QED) is 0.270. The van der Waals surface area contributed by atoms with Gasteiger partial charge >= 0.3 is 5.97 Å². The standard InChI is InChI=1S/C23H22N2O8/c1-3-30-19-10-7-16(13-21(19)31-4-2)24-22(26)14-32-23(27)20-12-11-18(33-20)15-5-8-17(9-6-15)25(28)29/h5-13H,3-4,14H2,1-2H3,(H,24,26). The highest BCUT2D eigenvalue weighted by atomic mass is 16.6. The summed E-state index contributed by atoms with van der Waals surface area (Å²) in [5.74, 6) is -0.0824. The van der Waals surface area contributed by atoms with Crippen LogP contribution in [0.25, 0.3) is 11.3 Å². The SMILES string of the molecule is CCOc1ccc(NC(=O)COC(=O)c2ccc(-c3ccc([N+](=O)[O-])cc3)o2)cc1OCC. The molecule has 0 fully saturated rings. The highest BCUT2D eigenvalue weighted by Crippen LogP contribution is 2.30. The van der Waals surface area contributed by atoms with E-state index in [0.29, 0.717) is 41.7 Å². The Morgan fingerprint density at radius 2 is 1.67 bits per heavy atom. The number of carbonyl (C=O) groups excluding carboxylic acids is 2. The number of hydrogen-bond acceptors (Lipinski definition) is 8. The molecule has 10 heteroatoms. The first kappa shape index (κ1) is 23.3. The molecule has 1 amide bonds. The summed E-state index contributed by atoms with van der Waals surface area (Å²) in [6.07, 6.45) is 0. The second-order valence-corrected chi connectivity index (χ2v) is 6.62. The molecular weight excluding hydrogens is 432 g/mol. The minimum absolute atomic E-state index is 0.0585. The summed E-state index contributed by atoms with van der Waals surface area (Å²) < 4.78 is 21.5. The normalized spacial score (nSPS) is 10.4. The van der Waals surface area contributed by atoms with Crippen molar-refractivity contribution in [1.29, 1.82) is 0 Å². The summed E-state index contributed by atoms with van der Waals surface area (Å²) >= 11 is 0. The third-order valence-corrected chi connectivity index (χ3v) is 4.33. The van der Waals surface area contributed by atoms with Crippen LogP contribution in [0, 0.1) is 10.1 Å². The Morgan fingerprint density at radius 3 is 2.33 bits per heavy atom. The van der Waals surface area contributed by atoms with E-state index >= 15 is 0 Å². The van der Waals surface area contributed by atoms with E-state index in [1.807, 2.05) is 13.8 Å². The van der Waals surface area contributed by atoms with E-state index < -0.39 is 23.4 Å². The van der Waals surface area contributed by atoms with Crippen LogP contribution in [-0.4, -0.2) is 36.6 Å². The van der Waals surface area contributed by atoms with E-state index in [1.54, 1.807) is 18.2 Å². The predicted molar refractivity (Wildman–Crippen MR) is 118 cm³/mol. The molecular formula is C23H22N2O8. The third kappa shape index (κ3) is 6.10. The van der Waals surface area contributed by atoms with Crippen molar-refractivity contribution >= 4 is 23.3 Å². The minimum Gasteiger partial charge on any atom is -0.490 e. The number of nitro benzene ring substituents is 1. The molecule has 2 aromatic carbocycles. The molecule has 0 radical (unpaired) electrons. The molecule has 33 heavy (non-hydrogen) atoms. The van der Waals surface area contributed by atoms with E-state index in [-0.39, 0.29) is 11.4 Å². The number of nitro groups is 1. The van der Waals surface area contributed by atoms with Crippen molar-refractivity contribution in [3.8, 4) is 22.8 Å². The van der Waals surface area contributed by atoms with Crippen LogP contribution in [0.4, 0.5) is 11.4 Å². The van der Waals surface area contributed by atoms with E-state index in [2.05, 4.69) is 5.32 Å². The summed E-state index contributed by atoms with van der Waals surface area (Å²) in [6, 6.07) is 13.6. The van der Waals surface area contributed by atoms with Crippen LogP contribution in [0.1, 0.15) is 24.4 Å². The molecule has 172 valence electrons. The fourth-order valence-corrected chi connectivity index (χ4v) is 2.88. The van der Waals surface area contributed by atoms with Crippen molar-refractivity contribution in [2.45, 2.75) is 13.8 Å². The van der Waals surface area contributed by atoms with Gasteiger partial charge in [0.05, 0.1) is 18.1 Å². The van der Waals surface area contributed by atoms with Gasteiger partial charge < -0.3 is 23.9 Å². The molecule has 0 aliphatic heterocycles. The van der Waals surface area contributed by atoms with Gasteiger partial charge in [0.15, 0.2) is 18.1 Å². The molecule has 10 nitrogen and oxygen atoms in total. The van der Waals surface area contributed by atoms with E-state index in [4.69, 9.17) is 18.6 Å². The molecule has 1 N–H and O–H groups in total. The molecule has 0 saturated heterocycles.